The number of non-ortho nitro benzene ring substituents is 1. The van der Waals surface area contributed by atoms with Crippen LogP contribution in [0.25, 0.3) is 11.5 Å². The van der Waals surface area contributed by atoms with Gasteiger partial charge in [-0.25, -0.2) is 0 Å². The number of aryl methyl sites for hydroxylation is 1. The molecular formula is C21H23N3O4S. The van der Waals surface area contributed by atoms with Crippen LogP contribution in [0.5, 0.6) is 0 Å². The van der Waals surface area contributed by atoms with Crippen molar-refractivity contribution in [2.75, 3.05) is 7.11 Å². The van der Waals surface area contributed by atoms with Crippen LogP contribution in [-0.2, 0) is 11.2 Å². The van der Waals surface area contributed by atoms with E-state index in [0.717, 1.165) is 28.7 Å². The molecule has 0 bridgehead atoms. The van der Waals surface area contributed by atoms with Gasteiger partial charge in [0.1, 0.15) is 0 Å². The van der Waals surface area contributed by atoms with Crippen molar-refractivity contribution in [1.82, 2.24) is 10.2 Å². The second-order valence-corrected chi connectivity index (χ2v) is 7.93. The zero-order valence-electron chi connectivity index (χ0n) is 16.8. The third kappa shape index (κ3) is 4.83. The average Bonchev–Trinajstić information content (AvgIpc) is 3.20. The molecule has 0 aliphatic heterocycles. The summed E-state index contributed by atoms with van der Waals surface area (Å²) >= 11 is 1.37. The van der Waals surface area contributed by atoms with Crippen molar-refractivity contribution in [3.63, 3.8) is 0 Å². The summed E-state index contributed by atoms with van der Waals surface area (Å²) in [5.41, 5.74) is 4.01. The average molecular weight is 413 g/mol. The van der Waals surface area contributed by atoms with Gasteiger partial charge in [0.25, 0.3) is 10.9 Å². The molecule has 152 valence electrons. The molecule has 1 heterocycles. The Labute approximate surface area is 173 Å². The molecule has 0 saturated heterocycles. The monoisotopic (exact) mass is 413 g/mol. The number of nitrogens with zero attached hydrogens (tertiary/aromatic N) is 3. The Hall–Kier alpha value is -2.71. The van der Waals surface area contributed by atoms with E-state index in [1.165, 1.54) is 17.8 Å². The SMILES string of the molecule is CCc1cc(C(C)OC)ccc1-c1nnc(SC(C)c2cccc([N+](=O)[O-])c2)o1. The molecule has 0 saturated carbocycles. The number of hydrogen-bond donors (Lipinski definition) is 0. The zero-order valence-corrected chi connectivity index (χ0v) is 17.6. The zero-order chi connectivity index (χ0) is 21.0. The van der Waals surface area contributed by atoms with Crippen LogP contribution < -0.4 is 0 Å². The van der Waals surface area contributed by atoms with E-state index in [1.54, 1.807) is 19.2 Å². The molecule has 0 N–H and O–H groups in total. The number of ether oxygens (including phenoxy) is 1. The van der Waals surface area contributed by atoms with Gasteiger partial charge in [-0.15, -0.1) is 10.2 Å². The number of hydrogen-bond acceptors (Lipinski definition) is 7. The van der Waals surface area contributed by atoms with Crippen molar-refractivity contribution in [2.24, 2.45) is 0 Å². The van der Waals surface area contributed by atoms with Crippen LogP contribution in [0.4, 0.5) is 5.69 Å². The van der Waals surface area contributed by atoms with E-state index in [4.69, 9.17) is 9.15 Å². The number of thioether (sulfide) groups is 1. The summed E-state index contributed by atoms with van der Waals surface area (Å²) in [4.78, 5) is 10.6. The molecule has 7 nitrogen and oxygen atoms in total. The maximum atomic E-state index is 11.0. The van der Waals surface area contributed by atoms with Crippen molar-refractivity contribution in [3.8, 4) is 11.5 Å². The molecule has 8 heteroatoms. The second-order valence-electron chi connectivity index (χ2n) is 6.63. The summed E-state index contributed by atoms with van der Waals surface area (Å²) in [6.45, 7) is 6.04. The van der Waals surface area contributed by atoms with Gasteiger partial charge in [-0.2, -0.15) is 0 Å². The normalized spacial score (nSPS) is 13.2. The summed E-state index contributed by atoms with van der Waals surface area (Å²) in [6, 6.07) is 12.7. The summed E-state index contributed by atoms with van der Waals surface area (Å²) in [7, 11) is 1.69. The third-order valence-electron chi connectivity index (χ3n) is 4.80. The molecule has 3 rings (SSSR count). The molecule has 0 aliphatic carbocycles. The molecule has 0 radical (unpaired) electrons. The first kappa shape index (κ1) is 21.0. The highest BCUT2D eigenvalue weighted by Crippen LogP contribution is 2.37. The number of rotatable bonds is 8. The first-order chi connectivity index (χ1) is 13.9. The van der Waals surface area contributed by atoms with E-state index in [0.29, 0.717) is 11.1 Å². The van der Waals surface area contributed by atoms with Crippen LogP contribution in [0, 0.1) is 10.1 Å². The van der Waals surface area contributed by atoms with E-state index in [1.807, 2.05) is 32.0 Å². The van der Waals surface area contributed by atoms with Gasteiger partial charge in [-0.3, -0.25) is 10.1 Å². The Morgan fingerprint density at radius 3 is 2.66 bits per heavy atom. The minimum atomic E-state index is -0.397. The molecule has 2 aromatic carbocycles. The fourth-order valence-corrected chi connectivity index (χ4v) is 3.78. The van der Waals surface area contributed by atoms with E-state index in [9.17, 15) is 10.1 Å². The van der Waals surface area contributed by atoms with Crippen molar-refractivity contribution in [3.05, 3.63) is 69.3 Å². The molecule has 0 spiro atoms. The number of aromatic nitrogens is 2. The smallest absolute Gasteiger partial charge is 0.277 e. The van der Waals surface area contributed by atoms with Gasteiger partial charge < -0.3 is 9.15 Å². The minimum absolute atomic E-state index is 0.0129. The molecule has 1 aromatic heterocycles. The third-order valence-corrected chi connectivity index (χ3v) is 5.79. The molecule has 0 aliphatic rings. The highest BCUT2D eigenvalue weighted by atomic mass is 32.2. The number of nitro benzene ring substituents is 1. The molecule has 0 amide bonds. The quantitative estimate of drug-likeness (QED) is 0.263. The summed E-state index contributed by atoms with van der Waals surface area (Å²) in [5, 5.41) is 19.7. The fraction of sp³-hybridized carbons (Fsp3) is 0.333. The molecule has 0 fully saturated rings. The molecule has 2 atom stereocenters. The summed E-state index contributed by atoms with van der Waals surface area (Å²) < 4.78 is 11.3. The summed E-state index contributed by atoms with van der Waals surface area (Å²) in [5.74, 6) is 0.465. The minimum Gasteiger partial charge on any atom is -0.411 e. The standard InChI is InChI=1S/C21H23N3O4S/c1-5-15-11-16(13(2)27-4)9-10-19(15)20-22-23-21(28-20)29-14(3)17-7-6-8-18(12-17)24(25)26/h6-14H,5H2,1-4H3. The first-order valence-electron chi connectivity index (χ1n) is 9.33. The molecule has 29 heavy (non-hydrogen) atoms. The largest absolute Gasteiger partial charge is 0.411 e. The Kier molecular flexibility index (Phi) is 6.66. The van der Waals surface area contributed by atoms with Crippen LogP contribution in [0.3, 0.4) is 0 Å². The predicted octanol–water partition coefficient (Wildman–Crippen LogP) is 5.77. The Bertz CT molecular complexity index is 1010. The van der Waals surface area contributed by atoms with Crippen molar-refractivity contribution in [2.45, 2.75) is 43.8 Å². The predicted molar refractivity (Wildman–Crippen MR) is 112 cm³/mol. The van der Waals surface area contributed by atoms with Gasteiger partial charge in [0.2, 0.25) is 5.89 Å². The van der Waals surface area contributed by atoms with Gasteiger partial charge in [-0.05, 0) is 43.0 Å². The topological polar surface area (TPSA) is 91.3 Å². The lowest BCUT2D eigenvalue weighted by atomic mass is 9.99. The molecule has 3 aromatic rings. The maximum Gasteiger partial charge on any atom is 0.277 e. The highest BCUT2D eigenvalue weighted by Gasteiger charge is 2.18. The van der Waals surface area contributed by atoms with Crippen molar-refractivity contribution < 1.29 is 14.1 Å². The second kappa shape index (κ2) is 9.19. The lowest BCUT2D eigenvalue weighted by molar-refractivity contribution is -0.384. The summed E-state index contributed by atoms with van der Waals surface area (Å²) in [6.07, 6.45) is 0.841. The molecular weight excluding hydrogens is 390 g/mol. The maximum absolute atomic E-state index is 11.0. The van der Waals surface area contributed by atoms with E-state index in [2.05, 4.69) is 23.2 Å². The lowest BCUT2D eigenvalue weighted by Crippen LogP contribution is -1.98. The van der Waals surface area contributed by atoms with Gasteiger partial charge in [-0.1, -0.05) is 43.0 Å². The van der Waals surface area contributed by atoms with Crippen LogP contribution >= 0.6 is 11.8 Å². The Morgan fingerprint density at radius 2 is 1.97 bits per heavy atom. The highest BCUT2D eigenvalue weighted by molar-refractivity contribution is 7.99. The Balaban J connectivity index is 1.80. The lowest BCUT2D eigenvalue weighted by Gasteiger charge is -2.13. The van der Waals surface area contributed by atoms with Gasteiger partial charge in [0.15, 0.2) is 0 Å². The van der Waals surface area contributed by atoms with E-state index < -0.39 is 4.92 Å². The van der Waals surface area contributed by atoms with Crippen LogP contribution in [0.2, 0.25) is 0 Å². The van der Waals surface area contributed by atoms with E-state index >= 15 is 0 Å². The number of benzene rings is 2. The van der Waals surface area contributed by atoms with Crippen molar-refractivity contribution >= 4 is 17.4 Å². The van der Waals surface area contributed by atoms with Crippen molar-refractivity contribution in [1.29, 1.82) is 0 Å². The Morgan fingerprint density at radius 1 is 1.17 bits per heavy atom. The van der Waals surface area contributed by atoms with Gasteiger partial charge in [0, 0.05) is 30.1 Å². The number of methoxy groups -OCH3 is 1. The van der Waals surface area contributed by atoms with Gasteiger partial charge in [0.05, 0.1) is 11.0 Å². The first-order valence-corrected chi connectivity index (χ1v) is 10.2. The van der Waals surface area contributed by atoms with Crippen LogP contribution in [0.1, 0.15) is 48.8 Å². The molecule has 2 unspecified atom stereocenters. The van der Waals surface area contributed by atoms with Crippen LogP contribution in [-0.4, -0.2) is 22.2 Å². The number of nitro groups is 1. The van der Waals surface area contributed by atoms with Crippen LogP contribution in [0.15, 0.2) is 52.1 Å². The van der Waals surface area contributed by atoms with Gasteiger partial charge >= 0.3 is 0 Å². The van der Waals surface area contributed by atoms with E-state index in [-0.39, 0.29) is 17.0 Å². The fourth-order valence-electron chi connectivity index (χ4n) is 2.98.